The van der Waals surface area contributed by atoms with Gasteiger partial charge in [0.15, 0.2) is 0 Å². The molecule has 5 heteroatoms. The van der Waals surface area contributed by atoms with Crippen molar-refractivity contribution < 1.29 is 9.53 Å². The van der Waals surface area contributed by atoms with Crippen LogP contribution in [0.15, 0.2) is 60.7 Å². The predicted molar refractivity (Wildman–Crippen MR) is 123 cm³/mol. The van der Waals surface area contributed by atoms with Crippen molar-refractivity contribution in [1.82, 2.24) is 15.2 Å². The molecule has 1 saturated heterocycles. The number of amides is 1. The number of carbonyl (C=O) groups excluding carboxylic acids is 1. The van der Waals surface area contributed by atoms with Gasteiger partial charge in [0, 0.05) is 29.5 Å². The maximum absolute atomic E-state index is 13.4. The molecule has 2 fully saturated rings. The monoisotopic (exact) mass is 417 g/mol. The van der Waals surface area contributed by atoms with E-state index < -0.39 is 0 Å². The lowest BCUT2D eigenvalue weighted by atomic mass is 9.83. The predicted octanol–water partition coefficient (Wildman–Crippen LogP) is 4.46. The molecular weight excluding hydrogens is 386 g/mol. The zero-order valence-electron chi connectivity index (χ0n) is 18.1. The third kappa shape index (κ3) is 3.88. The fourth-order valence-corrected chi connectivity index (χ4v) is 5.28. The number of ether oxygens (including phenoxy) is 1. The zero-order valence-corrected chi connectivity index (χ0v) is 18.1. The average Bonchev–Trinajstić information content (AvgIpc) is 3.22. The molecule has 5 nitrogen and oxygen atoms in total. The molecule has 1 aliphatic heterocycles. The lowest BCUT2D eigenvalue weighted by Gasteiger charge is -2.47. The number of nitrogens with one attached hydrogen (secondary N) is 2. The van der Waals surface area contributed by atoms with E-state index in [0.29, 0.717) is 24.9 Å². The van der Waals surface area contributed by atoms with Gasteiger partial charge in [0.2, 0.25) is 0 Å². The van der Waals surface area contributed by atoms with Crippen molar-refractivity contribution in [2.75, 3.05) is 19.8 Å². The maximum Gasteiger partial charge on any atom is 0.270 e. The highest BCUT2D eigenvalue weighted by atomic mass is 16.5. The Morgan fingerprint density at radius 1 is 1.13 bits per heavy atom. The van der Waals surface area contributed by atoms with Crippen molar-refractivity contribution in [2.24, 2.45) is 0 Å². The van der Waals surface area contributed by atoms with Crippen LogP contribution < -0.4 is 5.32 Å². The van der Waals surface area contributed by atoms with Gasteiger partial charge in [-0.2, -0.15) is 0 Å². The number of aromatic nitrogens is 1. The normalized spacial score (nSPS) is 22.7. The van der Waals surface area contributed by atoms with E-state index in [1.165, 1.54) is 5.56 Å². The number of aromatic amines is 1. The standard InChI is InChI=1S/C26H31N3O2/c1-2-29(25(30)24-15-19-9-6-7-14-23(19)27-24)22-13-8-12-21(16-22)28-26(17-31-18-26)20-10-4-3-5-11-20/h3-7,9-11,14-15,21-22,27-28H,2,8,12-13,16-18H2,1H3. The SMILES string of the molecule is CCN(C(=O)c1cc2ccccc2[nH]1)C1CCCC(NC2(c3ccccc3)COC2)C1. The van der Waals surface area contributed by atoms with Gasteiger partial charge >= 0.3 is 0 Å². The van der Waals surface area contributed by atoms with Crippen LogP contribution in [0.3, 0.4) is 0 Å². The Morgan fingerprint density at radius 3 is 2.61 bits per heavy atom. The van der Waals surface area contributed by atoms with Crippen LogP contribution in [0.1, 0.15) is 48.7 Å². The summed E-state index contributed by atoms with van der Waals surface area (Å²) in [6.45, 7) is 4.23. The number of para-hydroxylation sites is 1. The largest absolute Gasteiger partial charge is 0.377 e. The van der Waals surface area contributed by atoms with Crippen LogP contribution in [0, 0.1) is 0 Å². The van der Waals surface area contributed by atoms with Crippen molar-refractivity contribution in [3.8, 4) is 0 Å². The Labute approximate surface area is 183 Å². The molecule has 5 rings (SSSR count). The molecule has 2 atom stereocenters. The first-order valence-electron chi connectivity index (χ1n) is 11.5. The van der Waals surface area contributed by atoms with Crippen molar-refractivity contribution in [2.45, 2.75) is 50.2 Å². The molecule has 0 spiro atoms. The average molecular weight is 418 g/mol. The van der Waals surface area contributed by atoms with Crippen LogP contribution in [0.25, 0.3) is 10.9 Å². The van der Waals surface area contributed by atoms with Crippen molar-refractivity contribution in [3.05, 3.63) is 71.9 Å². The molecule has 31 heavy (non-hydrogen) atoms. The summed E-state index contributed by atoms with van der Waals surface area (Å²) in [6.07, 6.45) is 4.31. The second kappa shape index (κ2) is 8.48. The van der Waals surface area contributed by atoms with E-state index in [1.54, 1.807) is 0 Å². The minimum Gasteiger partial charge on any atom is -0.377 e. The highest BCUT2D eigenvalue weighted by Gasteiger charge is 2.43. The molecular formula is C26H31N3O2. The number of nitrogens with zero attached hydrogens (tertiary/aromatic N) is 1. The van der Waals surface area contributed by atoms with Gasteiger partial charge in [0.1, 0.15) is 5.69 Å². The van der Waals surface area contributed by atoms with Crippen molar-refractivity contribution in [1.29, 1.82) is 0 Å². The summed E-state index contributed by atoms with van der Waals surface area (Å²) in [4.78, 5) is 18.8. The smallest absolute Gasteiger partial charge is 0.270 e. The van der Waals surface area contributed by atoms with Gasteiger partial charge in [-0.15, -0.1) is 0 Å². The number of benzene rings is 2. The Kier molecular flexibility index (Phi) is 5.55. The quantitative estimate of drug-likeness (QED) is 0.623. The molecule has 1 aliphatic carbocycles. The number of carbonyl (C=O) groups is 1. The van der Waals surface area contributed by atoms with Gasteiger partial charge in [-0.05, 0) is 50.3 Å². The van der Waals surface area contributed by atoms with E-state index >= 15 is 0 Å². The molecule has 3 aromatic rings. The van der Waals surface area contributed by atoms with Crippen LogP contribution in [-0.4, -0.2) is 47.6 Å². The lowest BCUT2D eigenvalue weighted by molar-refractivity contribution is -0.0869. The zero-order chi connectivity index (χ0) is 21.3. The van der Waals surface area contributed by atoms with E-state index in [0.717, 1.165) is 43.1 Å². The summed E-state index contributed by atoms with van der Waals surface area (Å²) in [6, 6.07) is 21.3. The van der Waals surface area contributed by atoms with E-state index in [1.807, 2.05) is 30.3 Å². The minimum atomic E-state index is -0.0912. The highest BCUT2D eigenvalue weighted by molar-refractivity contribution is 5.98. The summed E-state index contributed by atoms with van der Waals surface area (Å²) in [5.41, 5.74) is 2.91. The fraction of sp³-hybridized carbons (Fsp3) is 0.423. The second-order valence-electron chi connectivity index (χ2n) is 8.96. The molecule has 2 heterocycles. The minimum absolute atomic E-state index is 0.0912. The van der Waals surface area contributed by atoms with Gasteiger partial charge in [0.05, 0.1) is 18.8 Å². The number of hydrogen-bond donors (Lipinski definition) is 2. The van der Waals surface area contributed by atoms with Crippen LogP contribution in [-0.2, 0) is 10.3 Å². The molecule has 0 bridgehead atoms. The van der Waals surface area contributed by atoms with Crippen LogP contribution in [0.5, 0.6) is 0 Å². The maximum atomic E-state index is 13.4. The van der Waals surface area contributed by atoms with Gasteiger partial charge in [-0.1, -0.05) is 48.5 Å². The number of hydrogen-bond acceptors (Lipinski definition) is 3. The molecule has 1 amide bonds. The molecule has 0 radical (unpaired) electrons. The lowest BCUT2D eigenvalue weighted by Crippen LogP contribution is -2.61. The Morgan fingerprint density at radius 2 is 1.90 bits per heavy atom. The first-order chi connectivity index (χ1) is 15.2. The Hall–Kier alpha value is -2.63. The van der Waals surface area contributed by atoms with Gasteiger partial charge in [-0.25, -0.2) is 0 Å². The van der Waals surface area contributed by atoms with Crippen molar-refractivity contribution >= 4 is 16.8 Å². The van der Waals surface area contributed by atoms with Crippen molar-refractivity contribution in [3.63, 3.8) is 0 Å². The molecule has 2 N–H and O–H groups in total. The summed E-state index contributed by atoms with van der Waals surface area (Å²) < 4.78 is 5.62. The van der Waals surface area contributed by atoms with E-state index in [9.17, 15) is 4.79 Å². The van der Waals surface area contributed by atoms with E-state index in [-0.39, 0.29) is 17.5 Å². The van der Waals surface area contributed by atoms with Crippen LogP contribution >= 0.6 is 0 Å². The molecule has 2 aromatic carbocycles. The first-order valence-corrected chi connectivity index (χ1v) is 11.5. The molecule has 1 saturated carbocycles. The Balaban J connectivity index is 1.31. The third-order valence-electron chi connectivity index (χ3n) is 6.95. The van der Waals surface area contributed by atoms with Gasteiger partial charge in [0.25, 0.3) is 5.91 Å². The molecule has 1 aromatic heterocycles. The summed E-state index contributed by atoms with van der Waals surface area (Å²) in [7, 11) is 0. The summed E-state index contributed by atoms with van der Waals surface area (Å²) in [5.74, 6) is 0.106. The summed E-state index contributed by atoms with van der Waals surface area (Å²) >= 11 is 0. The Bertz CT molecular complexity index is 1010. The van der Waals surface area contributed by atoms with E-state index in [4.69, 9.17) is 4.74 Å². The van der Waals surface area contributed by atoms with Crippen LogP contribution in [0.4, 0.5) is 0 Å². The third-order valence-corrected chi connectivity index (χ3v) is 6.95. The molecule has 2 aliphatic rings. The topological polar surface area (TPSA) is 57.4 Å². The number of rotatable bonds is 6. The van der Waals surface area contributed by atoms with Crippen LogP contribution in [0.2, 0.25) is 0 Å². The van der Waals surface area contributed by atoms with Gasteiger partial charge < -0.3 is 19.9 Å². The second-order valence-corrected chi connectivity index (χ2v) is 8.96. The van der Waals surface area contributed by atoms with E-state index in [2.05, 4.69) is 52.5 Å². The number of H-pyrrole nitrogens is 1. The number of fused-ring (bicyclic) bond motifs is 1. The first kappa shape index (κ1) is 20.3. The molecule has 2 unspecified atom stereocenters. The molecule has 162 valence electrons. The van der Waals surface area contributed by atoms with Gasteiger partial charge in [-0.3, -0.25) is 4.79 Å². The fourth-order valence-electron chi connectivity index (χ4n) is 5.28. The highest BCUT2D eigenvalue weighted by Crippen LogP contribution is 2.33. The summed E-state index contributed by atoms with van der Waals surface area (Å²) in [5, 5.41) is 5.01.